The van der Waals surface area contributed by atoms with Crippen molar-refractivity contribution in [3.63, 3.8) is 0 Å². The summed E-state index contributed by atoms with van der Waals surface area (Å²) < 4.78 is 0. The number of fused-ring (bicyclic) bond motifs is 2. The van der Waals surface area contributed by atoms with Gasteiger partial charge in [0.2, 0.25) is 11.7 Å². The third-order valence-corrected chi connectivity index (χ3v) is 4.92. The van der Waals surface area contributed by atoms with Crippen molar-refractivity contribution in [1.82, 2.24) is 30.4 Å². The summed E-state index contributed by atoms with van der Waals surface area (Å²) in [6, 6.07) is 8.98. The number of carbonyl (C=O) groups excluding carboxylic acids is 1. The lowest BCUT2D eigenvalue weighted by molar-refractivity contribution is -0.132. The minimum absolute atomic E-state index is 0.0669. The molecular weight excluding hydrogens is 304 g/mol. The smallest absolute Gasteiger partial charge is 0.246 e. The summed E-state index contributed by atoms with van der Waals surface area (Å²) >= 11 is 0. The highest BCUT2D eigenvalue weighted by molar-refractivity contribution is 5.76. The molecular formula is C17H22N6O. The predicted molar refractivity (Wildman–Crippen MR) is 89.1 cm³/mol. The van der Waals surface area contributed by atoms with Gasteiger partial charge in [-0.3, -0.25) is 4.79 Å². The molecule has 1 amide bonds. The van der Waals surface area contributed by atoms with Crippen molar-refractivity contribution in [3.8, 4) is 11.4 Å². The highest BCUT2D eigenvalue weighted by atomic mass is 16.2. The molecule has 126 valence electrons. The highest BCUT2D eigenvalue weighted by Crippen LogP contribution is 2.20. The van der Waals surface area contributed by atoms with Crippen LogP contribution in [0.5, 0.6) is 0 Å². The molecule has 1 aromatic carbocycles. The zero-order chi connectivity index (χ0) is 16.5. The number of tetrazole rings is 1. The number of likely N-dealkylation sites (tertiary alicyclic amines) is 1. The van der Waals surface area contributed by atoms with Crippen molar-refractivity contribution in [2.75, 3.05) is 13.1 Å². The van der Waals surface area contributed by atoms with Gasteiger partial charge in [0.1, 0.15) is 6.54 Å². The Hall–Kier alpha value is -2.28. The fourth-order valence-electron chi connectivity index (χ4n) is 3.52. The number of hydrogen-bond donors (Lipinski definition) is 1. The molecule has 4 rings (SSSR count). The number of hydrogen-bond acceptors (Lipinski definition) is 5. The van der Waals surface area contributed by atoms with Crippen molar-refractivity contribution in [3.05, 3.63) is 29.8 Å². The lowest BCUT2D eigenvalue weighted by Gasteiger charge is -2.23. The van der Waals surface area contributed by atoms with E-state index in [1.165, 1.54) is 16.8 Å². The molecule has 2 aliphatic rings. The average molecular weight is 326 g/mol. The predicted octanol–water partition coefficient (Wildman–Crippen LogP) is 1.00. The summed E-state index contributed by atoms with van der Waals surface area (Å²) in [7, 11) is 0. The Balaban J connectivity index is 1.42. The highest BCUT2D eigenvalue weighted by Gasteiger charge is 2.31. The minimum Gasteiger partial charge on any atom is -0.339 e. The van der Waals surface area contributed by atoms with Gasteiger partial charge in [-0.2, -0.15) is 4.80 Å². The molecule has 0 radical (unpaired) electrons. The average Bonchev–Trinajstić information content (AvgIpc) is 3.14. The standard InChI is InChI=1S/C17H22N6O/c1-12-2-4-13(5-3-12)17-19-21-23(20-17)11-16(24)22-9-8-14-6-7-15(10-22)18-14/h2-5,14-15,18H,6-11H2,1H3. The minimum atomic E-state index is 0.0669. The van der Waals surface area contributed by atoms with Crippen LogP contribution in [-0.4, -0.2) is 56.2 Å². The van der Waals surface area contributed by atoms with Gasteiger partial charge in [0.05, 0.1) is 0 Å². The molecule has 7 nitrogen and oxygen atoms in total. The zero-order valence-electron chi connectivity index (χ0n) is 13.9. The molecule has 1 aromatic heterocycles. The lowest BCUT2D eigenvalue weighted by Crippen LogP contribution is -2.40. The second-order valence-electron chi connectivity index (χ2n) is 6.78. The Kier molecular flexibility index (Phi) is 4.02. The van der Waals surface area contributed by atoms with Crippen LogP contribution in [0.2, 0.25) is 0 Å². The van der Waals surface area contributed by atoms with Crippen LogP contribution < -0.4 is 5.32 Å². The van der Waals surface area contributed by atoms with Crippen LogP contribution in [0, 0.1) is 6.92 Å². The van der Waals surface area contributed by atoms with Crippen LogP contribution in [0.15, 0.2) is 24.3 Å². The number of carbonyl (C=O) groups is 1. The fraction of sp³-hybridized carbons (Fsp3) is 0.529. The number of nitrogens with zero attached hydrogens (tertiary/aromatic N) is 5. The second kappa shape index (κ2) is 6.32. The van der Waals surface area contributed by atoms with Crippen molar-refractivity contribution in [1.29, 1.82) is 0 Å². The maximum Gasteiger partial charge on any atom is 0.246 e. The summed E-state index contributed by atoms with van der Waals surface area (Å²) in [5.41, 5.74) is 2.10. The lowest BCUT2D eigenvalue weighted by atomic mass is 10.1. The van der Waals surface area contributed by atoms with E-state index in [1.54, 1.807) is 0 Å². The van der Waals surface area contributed by atoms with Gasteiger partial charge in [0.15, 0.2) is 0 Å². The largest absolute Gasteiger partial charge is 0.339 e. The summed E-state index contributed by atoms with van der Waals surface area (Å²) in [6.45, 7) is 3.78. The molecule has 2 aromatic rings. The molecule has 0 saturated carbocycles. The van der Waals surface area contributed by atoms with E-state index < -0.39 is 0 Å². The monoisotopic (exact) mass is 326 g/mol. The van der Waals surface area contributed by atoms with Crippen molar-refractivity contribution in [2.24, 2.45) is 0 Å². The first-order valence-corrected chi connectivity index (χ1v) is 8.56. The Morgan fingerprint density at radius 1 is 1.21 bits per heavy atom. The van der Waals surface area contributed by atoms with Gasteiger partial charge in [0, 0.05) is 30.7 Å². The second-order valence-corrected chi connectivity index (χ2v) is 6.78. The molecule has 2 atom stereocenters. The SMILES string of the molecule is Cc1ccc(-c2nnn(CC(=O)N3CCC4CCC(C3)N4)n2)cc1. The van der Waals surface area contributed by atoms with Gasteiger partial charge in [-0.15, -0.1) is 10.2 Å². The Labute approximate surface area is 141 Å². The molecule has 0 spiro atoms. The van der Waals surface area contributed by atoms with Crippen molar-refractivity contribution < 1.29 is 4.79 Å². The van der Waals surface area contributed by atoms with E-state index in [9.17, 15) is 4.79 Å². The third-order valence-electron chi connectivity index (χ3n) is 4.92. The number of nitrogens with one attached hydrogen (secondary N) is 1. The first-order valence-electron chi connectivity index (χ1n) is 8.56. The normalized spacial score (nSPS) is 23.3. The molecule has 0 aliphatic carbocycles. The Bertz CT molecular complexity index is 725. The van der Waals surface area contributed by atoms with E-state index in [4.69, 9.17) is 0 Å². The number of rotatable bonds is 3. The van der Waals surface area contributed by atoms with E-state index in [-0.39, 0.29) is 12.5 Å². The number of aryl methyl sites for hydroxylation is 1. The Morgan fingerprint density at radius 2 is 2.00 bits per heavy atom. The maximum absolute atomic E-state index is 12.6. The van der Waals surface area contributed by atoms with Crippen LogP contribution in [0.3, 0.4) is 0 Å². The molecule has 2 fully saturated rings. The number of benzene rings is 1. The van der Waals surface area contributed by atoms with E-state index in [0.29, 0.717) is 17.9 Å². The topological polar surface area (TPSA) is 75.9 Å². The molecule has 2 unspecified atom stereocenters. The molecule has 2 aliphatic heterocycles. The van der Waals surface area contributed by atoms with E-state index in [1.807, 2.05) is 36.1 Å². The number of amides is 1. The van der Waals surface area contributed by atoms with Gasteiger partial charge >= 0.3 is 0 Å². The molecule has 7 heteroatoms. The van der Waals surface area contributed by atoms with Crippen LogP contribution in [0.1, 0.15) is 24.8 Å². The summed E-state index contributed by atoms with van der Waals surface area (Å²) in [6.07, 6.45) is 3.42. The van der Waals surface area contributed by atoms with E-state index in [0.717, 1.165) is 31.5 Å². The van der Waals surface area contributed by atoms with Crippen LogP contribution >= 0.6 is 0 Å². The fourth-order valence-corrected chi connectivity index (χ4v) is 3.52. The van der Waals surface area contributed by atoms with Gasteiger partial charge < -0.3 is 10.2 Å². The molecule has 24 heavy (non-hydrogen) atoms. The molecule has 1 N–H and O–H groups in total. The zero-order valence-corrected chi connectivity index (χ0v) is 13.9. The summed E-state index contributed by atoms with van der Waals surface area (Å²) in [5, 5.41) is 16.0. The van der Waals surface area contributed by atoms with Gasteiger partial charge in [-0.1, -0.05) is 29.8 Å². The number of aromatic nitrogens is 4. The third kappa shape index (κ3) is 3.17. The van der Waals surface area contributed by atoms with Gasteiger partial charge in [0.25, 0.3) is 0 Å². The first kappa shape index (κ1) is 15.3. The summed E-state index contributed by atoms with van der Waals surface area (Å²) in [5.74, 6) is 0.622. The maximum atomic E-state index is 12.6. The molecule has 2 saturated heterocycles. The first-order chi connectivity index (χ1) is 11.7. The van der Waals surface area contributed by atoms with Crippen LogP contribution in [0.25, 0.3) is 11.4 Å². The van der Waals surface area contributed by atoms with Crippen molar-refractivity contribution in [2.45, 2.75) is 44.8 Å². The van der Waals surface area contributed by atoms with Crippen molar-refractivity contribution >= 4 is 5.91 Å². The van der Waals surface area contributed by atoms with Crippen LogP contribution in [0.4, 0.5) is 0 Å². The van der Waals surface area contributed by atoms with Gasteiger partial charge in [-0.05, 0) is 31.4 Å². The van der Waals surface area contributed by atoms with E-state index >= 15 is 0 Å². The quantitative estimate of drug-likeness (QED) is 0.911. The Morgan fingerprint density at radius 3 is 2.83 bits per heavy atom. The summed E-state index contributed by atoms with van der Waals surface area (Å²) in [4.78, 5) is 15.9. The molecule has 2 bridgehead atoms. The molecule has 3 heterocycles. The van der Waals surface area contributed by atoms with Gasteiger partial charge in [-0.25, -0.2) is 0 Å². The van der Waals surface area contributed by atoms with E-state index in [2.05, 4.69) is 20.7 Å². The van der Waals surface area contributed by atoms with Crippen LogP contribution in [-0.2, 0) is 11.3 Å².